The molecule has 1 fully saturated rings. The predicted molar refractivity (Wildman–Crippen MR) is 197 cm³/mol. The number of hydrogen-bond acceptors (Lipinski definition) is 4. The van der Waals surface area contributed by atoms with Crippen LogP contribution in [0.5, 0.6) is 11.5 Å². The van der Waals surface area contributed by atoms with E-state index in [4.69, 9.17) is 16.3 Å². The number of pyridine rings is 1. The van der Waals surface area contributed by atoms with E-state index in [0.717, 1.165) is 39.9 Å². The van der Waals surface area contributed by atoms with E-state index in [1.54, 1.807) is 4.68 Å². The van der Waals surface area contributed by atoms with E-state index in [1.807, 2.05) is 106 Å². The Balaban J connectivity index is 1.09. The minimum Gasteiger partial charge on any atom is -0.457 e. The van der Waals surface area contributed by atoms with Crippen molar-refractivity contribution >= 4 is 28.3 Å². The molecule has 2 atom stereocenters. The van der Waals surface area contributed by atoms with Crippen molar-refractivity contribution in [3.8, 4) is 29.5 Å². The third kappa shape index (κ3) is 6.77. The van der Waals surface area contributed by atoms with Crippen LogP contribution in [0.3, 0.4) is 0 Å². The average molecular weight is 646 g/mol. The van der Waals surface area contributed by atoms with Crippen molar-refractivity contribution in [3.63, 3.8) is 0 Å². The minimum atomic E-state index is -0.619. The Bertz CT molecular complexity index is 2160. The second kappa shape index (κ2) is 13.3. The zero-order valence-electron chi connectivity index (χ0n) is 28.0. The van der Waals surface area contributed by atoms with Gasteiger partial charge >= 0.3 is 6.03 Å². The smallest absolute Gasteiger partial charge is 0.324 e. The van der Waals surface area contributed by atoms with Crippen molar-refractivity contribution in [3.05, 3.63) is 138 Å². The fraction of sp³-hybridized carbons (Fsp3) is 0.214. The Hall–Kier alpha value is -5.87. The predicted octanol–water partition coefficient (Wildman–Crippen LogP) is 9.81. The maximum atomic E-state index is 13.5. The lowest BCUT2D eigenvalue weighted by molar-refractivity contribution is 0.251. The van der Waals surface area contributed by atoms with Crippen LogP contribution in [-0.4, -0.2) is 20.8 Å². The molecule has 0 bridgehead atoms. The molecule has 2 unspecified atom stereocenters. The molecular formula is C42H39N5O2. The molecule has 0 aliphatic heterocycles. The van der Waals surface area contributed by atoms with Gasteiger partial charge in [-0.05, 0) is 87.8 Å². The topological polar surface area (TPSA) is 81.1 Å². The fourth-order valence-corrected chi connectivity index (χ4v) is 6.45. The SMILES string of the molecule is C#CC(C)(C)c1cc(NC(=O)Nc2ccc(Oc3ccnc(CC4CCC4c4ccccc4)c3)c3ccccc23)n(-c2ccc(C)cc2)n1. The van der Waals surface area contributed by atoms with Gasteiger partial charge in [0.25, 0.3) is 0 Å². The summed E-state index contributed by atoms with van der Waals surface area (Å²) in [6.45, 7) is 5.88. The standard InChI is InChI=1S/C42H39N5O2/c1-5-42(3,4)39-27-40(47(46-39)32-18-15-28(2)16-19-32)45-41(48)44-37-21-22-38(36-14-10-9-13-35(36)37)49-33-23-24-43-31(26-33)25-30-17-20-34(30)29-11-7-6-8-12-29/h1,6-16,18-19,21-24,26-27,30,34H,17,20,25H2,2-4H3,(H2,44,45,48). The summed E-state index contributed by atoms with van der Waals surface area (Å²) in [4.78, 5) is 18.2. The maximum Gasteiger partial charge on any atom is 0.324 e. The van der Waals surface area contributed by atoms with E-state index >= 15 is 0 Å². The number of rotatable bonds is 9. The molecule has 0 radical (unpaired) electrons. The van der Waals surface area contributed by atoms with E-state index in [-0.39, 0.29) is 0 Å². The third-order valence-electron chi connectivity index (χ3n) is 9.50. The molecule has 1 saturated carbocycles. The van der Waals surface area contributed by atoms with Crippen molar-refractivity contribution in [2.45, 2.75) is 51.4 Å². The molecule has 2 heterocycles. The van der Waals surface area contributed by atoms with Gasteiger partial charge in [0.05, 0.1) is 22.5 Å². The van der Waals surface area contributed by atoms with Gasteiger partial charge in [-0.2, -0.15) is 5.10 Å². The first kappa shape index (κ1) is 31.7. The first-order valence-corrected chi connectivity index (χ1v) is 16.7. The summed E-state index contributed by atoms with van der Waals surface area (Å²) in [5.74, 6) is 5.90. The molecule has 7 heteroatoms. The number of hydrogen-bond donors (Lipinski definition) is 2. The molecule has 6 aromatic rings. The summed E-state index contributed by atoms with van der Waals surface area (Å²) in [6.07, 6.45) is 11.0. The van der Waals surface area contributed by atoms with Gasteiger partial charge in [0.2, 0.25) is 0 Å². The van der Waals surface area contributed by atoms with E-state index in [9.17, 15) is 4.79 Å². The average Bonchev–Trinajstić information content (AvgIpc) is 3.53. The number of urea groups is 1. The van der Waals surface area contributed by atoms with Crippen molar-refractivity contribution in [1.29, 1.82) is 0 Å². The lowest BCUT2D eigenvalue weighted by Gasteiger charge is -2.37. The second-order valence-electron chi connectivity index (χ2n) is 13.3. The Morgan fingerprint density at radius 3 is 2.41 bits per heavy atom. The lowest BCUT2D eigenvalue weighted by Crippen LogP contribution is -2.26. The van der Waals surface area contributed by atoms with E-state index in [2.05, 4.69) is 51.9 Å². The lowest BCUT2D eigenvalue weighted by atomic mass is 9.68. The summed E-state index contributed by atoms with van der Waals surface area (Å²) in [5, 5.41) is 12.5. The molecule has 1 aliphatic rings. The Morgan fingerprint density at radius 1 is 0.918 bits per heavy atom. The summed E-state index contributed by atoms with van der Waals surface area (Å²) >= 11 is 0. The number of anilines is 2. The molecule has 0 saturated heterocycles. The van der Waals surface area contributed by atoms with Gasteiger partial charge in [0.15, 0.2) is 0 Å². The third-order valence-corrected chi connectivity index (χ3v) is 9.50. The summed E-state index contributed by atoms with van der Waals surface area (Å²) < 4.78 is 8.16. The number of aryl methyl sites for hydroxylation is 1. The van der Waals surface area contributed by atoms with Crippen molar-refractivity contribution in [1.82, 2.24) is 14.8 Å². The number of terminal acetylenes is 1. The van der Waals surface area contributed by atoms with Crippen LogP contribution in [0, 0.1) is 25.2 Å². The number of fused-ring (bicyclic) bond motifs is 1. The molecule has 7 nitrogen and oxygen atoms in total. The highest BCUT2D eigenvalue weighted by Crippen LogP contribution is 2.44. The van der Waals surface area contributed by atoms with E-state index in [0.29, 0.717) is 34.8 Å². The number of nitrogens with zero attached hydrogens (tertiary/aromatic N) is 3. The Kier molecular flexibility index (Phi) is 8.63. The number of amides is 2. The summed E-state index contributed by atoms with van der Waals surface area (Å²) in [6, 6.07) is 35.7. The molecule has 4 aromatic carbocycles. The van der Waals surface area contributed by atoms with Gasteiger partial charge in [-0.15, -0.1) is 6.42 Å². The number of nitrogens with one attached hydrogen (secondary N) is 2. The van der Waals surface area contributed by atoms with Gasteiger partial charge in [0, 0.05) is 34.8 Å². The summed E-state index contributed by atoms with van der Waals surface area (Å²) in [5.41, 5.74) is 5.10. The molecule has 1 aliphatic carbocycles. The molecule has 49 heavy (non-hydrogen) atoms. The van der Waals surface area contributed by atoms with Crippen molar-refractivity contribution in [2.24, 2.45) is 5.92 Å². The van der Waals surface area contributed by atoms with Crippen LogP contribution in [0.2, 0.25) is 0 Å². The first-order valence-electron chi connectivity index (χ1n) is 16.7. The first-order chi connectivity index (χ1) is 23.8. The number of benzene rings is 4. The zero-order chi connectivity index (χ0) is 34.0. The van der Waals surface area contributed by atoms with Gasteiger partial charge in [-0.3, -0.25) is 10.3 Å². The highest BCUT2D eigenvalue weighted by atomic mass is 16.5. The number of carbonyl (C=O) groups excluding carboxylic acids is 1. The molecule has 2 amide bonds. The van der Waals surface area contributed by atoms with Crippen molar-refractivity contribution < 1.29 is 9.53 Å². The van der Waals surface area contributed by atoms with Crippen LogP contribution in [-0.2, 0) is 11.8 Å². The largest absolute Gasteiger partial charge is 0.457 e. The highest BCUT2D eigenvalue weighted by Gasteiger charge is 2.32. The van der Waals surface area contributed by atoms with Crippen molar-refractivity contribution in [2.75, 3.05) is 10.6 Å². The van der Waals surface area contributed by atoms with Crippen LogP contribution in [0.1, 0.15) is 55.1 Å². The van der Waals surface area contributed by atoms with Gasteiger partial charge in [-0.1, -0.05) is 78.2 Å². The second-order valence-corrected chi connectivity index (χ2v) is 13.3. The van der Waals surface area contributed by atoms with Crippen LogP contribution in [0.4, 0.5) is 16.3 Å². The molecular weight excluding hydrogens is 606 g/mol. The Morgan fingerprint density at radius 2 is 1.67 bits per heavy atom. The summed E-state index contributed by atoms with van der Waals surface area (Å²) in [7, 11) is 0. The van der Waals surface area contributed by atoms with Crippen LogP contribution < -0.4 is 15.4 Å². The van der Waals surface area contributed by atoms with E-state index < -0.39 is 11.4 Å². The van der Waals surface area contributed by atoms with Crippen LogP contribution in [0.15, 0.2) is 115 Å². The van der Waals surface area contributed by atoms with E-state index in [1.165, 1.54) is 18.4 Å². The van der Waals surface area contributed by atoms with Crippen LogP contribution >= 0.6 is 0 Å². The highest BCUT2D eigenvalue weighted by molar-refractivity contribution is 6.07. The van der Waals surface area contributed by atoms with Crippen LogP contribution in [0.25, 0.3) is 16.5 Å². The zero-order valence-corrected chi connectivity index (χ0v) is 28.0. The molecule has 7 rings (SSSR count). The quantitative estimate of drug-likeness (QED) is 0.153. The van der Waals surface area contributed by atoms with Gasteiger partial charge < -0.3 is 10.1 Å². The normalized spacial score (nSPS) is 15.6. The molecule has 244 valence electrons. The molecule has 2 aromatic heterocycles. The molecule has 2 N–H and O–H groups in total. The minimum absolute atomic E-state index is 0.402. The maximum absolute atomic E-state index is 13.5. The number of carbonyl (C=O) groups is 1. The van der Waals surface area contributed by atoms with Gasteiger partial charge in [0.1, 0.15) is 17.3 Å². The van der Waals surface area contributed by atoms with Gasteiger partial charge in [-0.25, -0.2) is 9.48 Å². The Labute approximate surface area is 287 Å². The molecule has 0 spiro atoms. The number of aromatic nitrogens is 3. The fourth-order valence-electron chi connectivity index (χ4n) is 6.45. The number of ether oxygens (including phenoxy) is 1. The monoisotopic (exact) mass is 645 g/mol.